The number of carbonyl (C=O) groups excluding carboxylic acids is 1. The molecule has 0 spiro atoms. The zero-order valence-electron chi connectivity index (χ0n) is 12.7. The molecule has 22 heavy (non-hydrogen) atoms. The lowest BCUT2D eigenvalue weighted by Crippen LogP contribution is -2.35. The molecule has 1 fully saturated rings. The van der Waals surface area contributed by atoms with Crippen molar-refractivity contribution in [2.45, 2.75) is 32.1 Å². The summed E-state index contributed by atoms with van der Waals surface area (Å²) in [5.74, 6) is 0.148. The Kier molecular flexibility index (Phi) is 8.46. The first-order valence-corrected chi connectivity index (χ1v) is 8.09. The van der Waals surface area contributed by atoms with Crippen LogP contribution in [0.5, 0.6) is 0 Å². The van der Waals surface area contributed by atoms with Gasteiger partial charge in [-0.25, -0.2) is 0 Å². The molecular formula is C16H22Cl2N2O2. The molecule has 0 aromatic heterocycles. The Hall–Kier alpha value is -1.10. The maximum absolute atomic E-state index is 12.0. The molecule has 1 aliphatic heterocycles. The van der Waals surface area contributed by atoms with Crippen molar-refractivity contribution in [3.63, 3.8) is 0 Å². The smallest absolute Gasteiger partial charge is 0.222 e. The van der Waals surface area contributed by atoms with Gasteiger partial charge in [0.05, 0.1) is 10.0 Å². The Labute approximate surface area is 141 Å². The minimum atomic E-state index is 0.148. The summed E-state index contributed by atoms with van der Waals surface area (Å²) in [5, 5.41) is 16.0. The number of carbonyl (C=O) groups is 1. The molecule has 1 amide bonds. The Morgan fingerprint density at radius 2 is 1.77 bits per heavy atom. The fourth-order valence-corrected chi connectivity index (χ4v) is 2.66. The number of likely N-dealkylation sites (tertiary alicyclic amines) is 1. The SMILES string of the molecule is CO.N=C(CCC(=O)N1CCCCC1)c1ccc(Cl)c(Cl)c1. The van der Waals surface area contributed by atoms with Gasteiger partial charge < -0.3 is 15.4 Å². The molecule has 0 saturated carbocycles. The lowest BCUT2D eigenvalue weighted by atomic mass is 10.0. The van der Waals surface area contributed by atoms with E-state index in [1.807, 2.05) is 4.90 Å². The number of halogens is 2. The number of hydrogen-bond donors (Lipinski definition) is 2. The number of aliphatic hydroxyl groups excluding tert-OH is 1. The molecule has 1 saturated heterocycles. The van der Waals surface area contributed by atoms with E-state index >= 15 is 0 Å². The summed E-state index contributed by atoms with van der Waals surface area (Å²) in [6.07, 6.45) is 4.22. The van der Waals surface area contributed by atoms with Gasteiger partial charge in [0.1, 0.15) is 0 Å². The van der Waals surface area contributed by atoms with E-state index in [1.54, 1.807) is 18.2 Å². The van der Waals surface area contributed by atoms with Gasteiger partial charge in [0, 0.05) is 32.3 Å². The summed E-state index contributed by atoms with van der Waals surface area (Å²) >= 11 is 11.8. The Morgan fingerprint density at radius 1 is 1.14 bits per heavy atom. The van der Waals surface area contributed by atoms with Crippen LogP contribution in [0.2, 0.25) is 10.0 Å². The maximum Gasteiger partial charge on any atom is 0.222 e. The Bertz CT molecular complexity index is 515. The lowest BCUT2D eigenvalue weighted by molar-refractivity contribution is -0.131. The molecule has 1 aliphatic rings. The number of hydrogen-bond acceptors (Lipinski definition) is 3. The van der Waals surface area contributed by atoms with Crippen LogP contribution in [0.25, 0.3) is 0 Å². The molecule has 1 heterocycles. The van der Waals surface area contributed by atoms with Gasteiger partial charge in [0.2, 0.25) is 5.91 Å². The number of nitrogens with one attached hydrogen (secondary N) is 1. The van der Waals surface area contributed by atoms with Gasteiger partial charge in [-0.15, -0.1) is 0 Å². The molecule has 2 N–H and O–H groups in total. The summed E-state index contributed by atoms with van der Waals surface area (Å²) in [5.41, 5.74) is 1.15. The number of aliphatic hydroxyl groups is 1. The molecule has 0 radical (unpaired) electrons. The fourth-order valence-electron chi connectivity index (χ4n) is 2.36. The van der Waals surface area contributed by atoms with Crippen molar-refractivity contribution in [1.29, 1.82) is 5.41 Å². The third-order valence-electron chi connectivity index (χ3n) is 3.57. The van der Waals surface area contributed by atoms with E-state index in [2.05, 4.69) is 0 Å². The van der Waals surface area contributed by atoms with Gasteiger partial charge in [-0.3, -0.25) is 4.79 Å². The van der Waals surface area contributed by atoms with E-state index in [4.69, 9.17) is 33.7 Å². The molecule has 0 bridgehead atoms. The standard InChI is InChI=1S/C15H18Cl2N2O.CH4O/c16-12-5-4-11(10-13(12)17)14(18)6-7-15(20)19-8-2-1-3-9-19;1-2/h4-5,10,18H,1-3,6-9H2;2H,1H3. The average Bonchev–Trinajstić information content (AvgIpc) is 2.57. The summed E-state index contributed by atoms with van der Waals surface area (Å²) in [6.45, 7) is 1.72. The predicted molar refractivity (Wildman–Crippen MR) is 91.1 cm³/mol. The second kappa shape index (κ2) is 9.82. The van der Waals surface area contributed by atoms with Crippen molar-refractivity contribution in [3.8, 4) is 0 Å². The van der Waals surface area contributed by atoms with Crippen LogP contribution in [0.1, 0.15) is 37.7 Å². The quantitative estimate of drug-likeness (QED) is 0.816. The lowest BCUT2D eigenvalue weighted by Gasteiger charge is -2.26. The first-order valence-electron chi connectivity index (χ1n) is 7.33. The number of piperidine rings is 1. The molecule has 0 aliphatic carbocycles. The summed E-state index contributed by atoms with van der Waals surface area (Å²) in [4.78, 5) is 13.9. The zero-order chi connectivity index (χ0) is 16.5. The van der Waals surface area contributed by atoms with Crippen LogP contribution in [0, 0.1) is 5.41 Å². The molecule has 6 heteroatoms. The van der Waals surface area contributed by atoms with Gasteiger partial charge in [-0.2, -0.15) is 0 Å². The van der Waals surface area contributed by atoms with Crippen LogP contribution >= 0.6 is 23.2 Å². The van der Waals surface area contributed by atoms with Gasteiger partial charge in [0.25, 0.3) is 0 Å². The van der Waals surface area contributed by atoms with Crippen molar-refractivity contribution in [2.75, 3.05) is 20.2 Å². The highest BCUT2D eigenvalue weighted by molar-refractivity contribution is 6.42. The van der Waals surface area contributed by atoms with E-state index < -0.39 is 0 Å². The molecule has 1 aromatic carbocycles. The highest BCUT2D eigenvalue weighted by Gasteiger charge is 2.17. The van der Waals surface area contributed by atoms with Gasteiger partial charge in [-0.05, 0) is 43.4 Å². The largest absolute Gasteiger partial charge is 0.400 e. The van der Waals surface area contributed by atoms with Crippen LogP contribution in [0.3, 0.4) is 0 Å². The number of benzene rings is 1. The maximum atomic E-state index is 12.0. The van der Waals surface area contributed by atoms with Crippen LogP contribution in [-0.2, 0) is 4.79 Å². The average molecular weight is 345 g/mol. The molecule has 1 aromatic rings. The molecule has 4 nitrogen and oxygen atoms in total. The first kappa shape index (κ1) is 18.9. The highest BCUT2D eigenvalue weighted by atomic mass is 35.5. The monoisotopic (exact) mass is 344 g/mol. The molecule has 0 unspecified atom stereocenters. The third-order valence-corrected chi connectivity index (χ3v) is 4.30. The van der Waals surface area contributed by atoms with E-state index in [-0.39, 0.29) is 5.91 Å². The van der Waals surface area contributed by atoms with Crippen molar-refractivity contribution >= 4 is 34.8 Å². The Balaban J connectivity index is 0.00000116. The number of nitrogens with zero attached hydrogens (tertiary/aromatic N) is 1. The fraction of sp³-hybridized carbons (Fsp3) is 0.500. The first-order chi connectivity index (χ1) is 10.6. The normalized spacial score (nSPS) is 14.1. The zero-order valence-corrected chi connectivity index (χ0v) is 14.3. The van der Waals surface area contributed by atoms with Crippen LogP contribution in [-0.4, -0.2) is 41.8 Å². The molecule has 2 rings (SSSR count). The van der Waals surface area contributed by atoms with E-state index in [1.165, 1.54) is 6.42 Å². The van der Waals surface area contributed by atoms with Gasteiger partial charge >= 0.3 is 0 Å². The van der Waals surface area contributed by atoms with Crippen molar-refractivity contribution < 1.29 is 9.90 Å². The highest BCUT2D eigenvalue weighted by Crippen LogP contribution is 2.23. The van der Waals surface area contributed by atoms with E-state index in [0.29, 0.717) is 28.6 Å². The molecule has 122 valence electrons. The van der Waals surface area contributed by atoms with Crippen LogP contribution in [0.4, 0.5) is 0 Å². The summed E-state index contributed by atoms with van der Waals surface area (Å²) in [6, 6.07) is 5.12. The number of rotatable bonds is 4. The topological polar surface area (TPSA) is 64.4 Å². The number of amides is 1. The second-order valence-corrected chi connectivity index (χ2v) is 5.86. The Morgan fingerprint density at radius 3 is 2.36 bits per heavy atom. The summed E-state index contributed by atoms with van der Waals surface area (Å²) < 4.78 is 0. The van der Waals surface area contributed by atoms with E-state index in [0.717, 1.165) is 38.6 Å². The van der Waals surface area contributed by atoms with Crippen LogP contribution in [0.15, 0.2) is 18.2 Å². The molecule has 0 atom stereocenters. The van der Waals surface area contributed by atoms with Crippen molar-refractivity contribution in [2.24, 2.45) is 0 Å². The van der Waals surface area contributed by atoms with Gasteiger partial charge in [0.15, 0.2) is 0 Å². The van der Waals surface area contributed by atoms with E-state index in [9.17, 15) is 4.79 Å². The summed E-state index contributed by atoms with van der Waals surface area (Å²) in [7, 11) is 1.00. The molecular weight excluding hydrogens is 323 g/mol. The van der Waals surface area contributed by atoms with Crippen LogP contribution < -0.4 is 0 Å². The second-order valence-electron chi connectivity index (χ2n) is 5.05. The van der Waals surface area contributed by atoms with Crippen molar-refractivity contribution in [1.82, 2.24) is 4.90 Å². The minimum absolute atomic E-state index is 0.148. The van der Waals surface area contributed by atoms with Gasteiger partial charge in [-0.1, -0.05) is 29.3 Å². The minimum Gasteiger partial charge on any atom is -0.400 e. The third kappa shape index (κ3) is 5.59. The predicted octanol–water partition coefficient (Wildman–Crippen LogP) is 3.76. The van der Waals surface area contributed by atoms with Crippen molar-refractivity contribution in [3.05, 3.63) is 33.8 Å².